The quantitative estimate of drug-likeness (QED) is 0.801. The summed E-state index contributed by atoms with van der Waals surface area (Å²) in [5, 5.41) is 2.93. The molecule has 4 nitrogen and oxygen atoms in total. The van der Waals surface area contributed by atoms with Crippen molar-refractivity contribution in [1.82, 2.24) is 5.32 Å². The molecule has 19 heavy (non-hydrogen) atoms. The van der Waals surface area contributed by atoms with Crippen LogP contribution in [0.3, 0.4) is 0 Å². The van der Waals surface area contributed by atoms with Gasteiger partial charge in [0.15, 0.2) is 6.29 Å². The van der Waals surface area contributed by atoms with Crippen molar-refractivity contribution in [1.29, 1.82) is 0 Å². The number of amides is 1. The first kappa shape index (κ1) is 15.7. The molecule has 0 saturated carbocycles. The molecular formula is C15H23NO3. The van der Waals surface area contributed by atoms with Crippen LogP contribution in [0.1, 0.15) is 26.3 Å². The van der Waals surface area contributed by atoms with Gasteiger partial charge >= 0.3 is 0 Å². The van der Waals surface area contributed by atoms with Crippen molar-refractivity contribution in [3.63, 3.8) is 0 Å². The predicted molar refractivity (Wildman–Crippen MR) is 74.9 cm³/mol. The van der Waals surface area contributed by atoms with E-state index in [0.29, 0.717) is 0 Å². The molecule has 106 valence electrons. The Labute approximate surface area is 115 Å². The molecule has 0 fully saturated rings. The summed E-state index contributed by atoms with van der Waals surface area (Å²) in [5.74, 6) is -0.0506. The number of nitrogens with one attached hydrogen (secondary N) is 1. The molecule has 1 amide bonds. The number of hydrogen-bond acceptors (Lipinski definition) is 3. The van der Waals surface area contributed by atoms with Crippen LogP contribution in [0, 0.1) is 0 Å². The summed E-state index contributed by atoms with van der Waals surface area (Å²) in [6.45, 7) is 5.66. The molecule has 1 atom stereocenters. The summed E-state index contributed by atoms with van der Waals surface area (Å²) in [6.07, 6.45) is -0.449. The van der Waals surface area contributed by atoms with Gasteiger partial charge in [-0.3, -0.25) is 4.79 Å². The Kier molecular flexibility index (Phi) is 5.51. The van der Waals surface area contributed by atoms with Gasteiger partial charge in [0.25, 0.3) is 0 Å². The van der Waals surface area contributed by atoms with Crippen molar-refractivity contribution in [2.24, 2.45) is 0 Å². The Morgan fingerprint density at radius 1 is 1.16 bits per heavy atom. The van der Waals surface area contributed by atoms with E-state index in [0.717, 1.165) is 5.56 Å². The SMILES string of the molecule is COC(OC)C(C)NC(=O)C(C)(C)c1ccccc1. The van der Waals surface area contributed by atoms with Gasteiger partial charge in [-0.2, -0.15) is 0 Å². The lowest BCUT2D eigenvalue weighted by atomic mass is 9.83. The third-order valence-corrected chi connectivity index (χ3v) is 3.29. The maximum Gasteiger partial charge on any atom is 0.230 e. The van der Waals surface area contributed by atoms with Crippen molar-refractivity contribution in [3.8, 4) is 0 Å². The zero-order valence-corrected chi connectivity index (χ0v) is 12.3. The minimum absolute atomic E-state index is 0.0506. The third-order valence-electron chi connectivity index (χ3n) is 3.29. The first-order chi connectivity index (χ1) is 8.93. The van der Waals surface area contributed by atoms with Gasteiger partial charge in [-0.1, -0.05) is 30.3 Å². The number of hydrogen-bond donors (Lipinski definition) is 1. The largest absolute Gasteiger partial charge is 0.354 e. The molecule has 0 spiro atoms. The van der Waals surface area contributed by atoms with E-state index < -0.39 is 11.7 Å². The fourth-order valence-electron chi connectivity index (χ4n) is 1.95. The second-order valence-corrected chi connectivity index (χ2v) is 5.09. The Morgan fingerprint density at radius 3 is 2.16 bits per heavy atom. The molecule has 0 bridgehead atoms. The average Bonchev–Trinajstić information content (AvgIpc) is 2.41. The van der Waals surface area contributed by atoms with Gasteiger partial charge in [-0.25, -0.2) is 0 Å². The highest BCUT2D eigenvalue weighted by molar-refractivity contribution is 5.87. The lowest BCUT2D eigenvalue weighted by Crippen LogP contribution is -2.49. The topological polar surface area (TPSA) is 47.6 Å². The number of carbonyl (C=O) groups is 1. The van der Waals surface area contributed by atoms with Crippen molar-refractivity contribution in [2.75, 3.05) is 14.2 Å². The van der Waals surface area contributed by atoms with Gasteiger partial charge in [-0.05, 0) is 26.3 Å². The smallest absolute Gasteiger partial charge is 0.230 e. The van der Waals surface area contributed by atoms with E-state index in [2.05, 4.69) is 5.32 Å². The highest BCUT2D eigenvalue weighted by Crippen LogP contribution is 2.23. The fourth-order valence-corrected chi connectivity index (χ4v) is 1.95. The summed E-state index contributed by atoms with van der Waals surface area (Å²) >= 11 is 0. The van der Waals surface area contributed by atoms with E-state index in [1.54, 1.807) is 14.2 Å². The number of ether oxygens (including phenoxy) is 2. The van der Waals surface area contributed by atoms with Crippen LogP contribution in [0.5, 0.6) is 0 Å². The molecule has 0 aliphatic carbocycles. The average molecular weight is 265 g/mol. The number of carbonyl (C=O) groups excluding carboxylic acids is 1. The molecule has 1 N–H and O–H groups in total. The van der Waals surface area contributed by atoms with E-state index in [4.69, 9.17) is 9.47 Å². The minimum atomic E-state index is -0.596. The standard InChI is InChI=1S/C15H23NO3/c1-11(13(18-4)19-5)16-14(17)15(2,3)12-9-7-6-8-10-12/h6-11,13H,1-5H3,(H,16,17). The van der Waals surface area contributed by atoms with Gasteiger partial charge < -0.3 is 14.8 Å². The van der Waals surface area contributed by atoms with Gasteiger partial charge in [0, 0.05) is 14.2 Å². The molecule has 1 unspecified atom stereocenters. The first-order valence-electron chi connectivity index (χ1n) is 6.35. The van der Waals surface area contributed by atoms with Crippen molar-refractivity contribution in [3.05, 3.63) is 35.9 Å². The summed E-state index contributed by atoms with van der Waals surface area (Å²) in [4.78, 5) is 12.4. The molecule has 1 rings (SSSR count). The zero-order chi connectivity index (χ0) is 14.5. The summed E-state index contributed by atoms with van der Waals surface area (Å²) in [5.41, 5.74) is 0.382. The molecule has 0 aliphatic heterocycles. The highest BCUT2D eigenvalue weighted by atomic mass is 16.7. The van der Waals surface area contributed by atoms with Crippen LogP contribution in [-0.2, 0) is 19.7 Å². The van der Waals surface area contributed by atoms with Crippen LogP contribution in [0.25, 0.3) is 0 Å². The maximum absolute atomic E-state index is 12.4. The summed E-state index contributed by atoms with van der Waals surface area (Å²) in [7, 11) is 3.11. The van der Waals surface area contributed by atoms with Crippen LogP contribution in [0.4, 0.5) is 0 Å². The van der Waals surface area contributed by atoms with E-state index in [1.165, 1.54) is 0 Å². The summed E-state index contributed by atoms with van der Waals surface area (Å²) in [6, 6.07) is 9.49. The Balaban J connectivity index is 2.77. The first-order valence-corrected chi connectivity index (χ1v) is 6.35. The Morgan fingerprint density at radius 2 is 1.68 bits per heavy atom. The van der Waals surface area contributed by atoms with Crippen molar-refractivity contribution >= 4 is 5.91 Å². The molecule has 4 heteroatoms. The second kappa shape index (κ2) is 6.68. The van der Waals surface area contributed by atoms with Crippen LogP contribution in [0.2, 0.25) is 0 Å². The lowest BCUT2D eigenvalue weighted by Gasteiger charge is -2.29. The normalized spacial score (nSPS) is 13.4. The zero-order valence-electron chi connectivity index (χ0n) is 12.3. The lowest BCUT2D eigenvalue weighted by molar-refractivity contribution is -0.139. The van der Waals surface area contributed by atoms with Crippen molar-refractivity contribution < 1.29 is 14.3 Å². The van der Waals surface area contributed by atoms with Crippen LogP contribution >= 0.6 is 0 Å². The monoisotopic (exact) mass is 265 g/mol. The Hall–Kier alpha value is -1.39. The third kappa shape index (κ3) is 3.78. The molecule has 0 saturated heterocycles. The fraction of sp³-hybridized carbons (Fsp3) is 0.533. The molecule has 0 aromatic heterocycles. The van der Waals surface area contributed by atoms with E-state index >= 15 is 0 Å². The van der Waals surface area contributed by atoms with E-state index in [-0.39, 0.29) is 11.9 Å². The maximum atomic E-state index is 12.4. The van der Waals surface area contributed by atoms with Crippen molar-refractivity contribution in [2.45, 2.75) is 38.5 Å². The molecule has 1 aromatic rings. The van der Waals surface area contributed by atoms with Gasteiger partial charge in [0.05, 0.1) is 11.5 Å². The van der Waals surface area contributed by atoms with E-state index in [1.807, 2.05) is 51.1 Å². The van der Waals surface area contributed by atoms with Crippen LogP contribution < -0.4 is 5.32 Å². The number of methoxy groups -OCH3 is 2. The highest BCUT2D eigenvalue weighted by Gasteiger charge is 2.31. The van der Waals surface area contributed by atoms with Crippen LogP contribution in [-0.4, -0.2) is 32.5 Å². The Bertz CT molecular complexity index is 399. The molecule has 0 aliphatic rings. The van der Waals surface area contributed by atoms with Gasteiger partial charge in [-0.15, -0.1) is 0 Å². The number of benzene rings is 1. The number of rotatable bonds is 6. The molecule has 1 aromatic carbocycles. The van der Waals surface area contributed by atoms with Crippen LogP contribution in [0.15, 0.2) is 30.3 Å². The molecular weight excluding hydrogens is 242 g/mol. The molecule has 0 radical (unpaired) electrons. The summed E-state index contributed by atoms with van der Waals surface area (Å²) < 4.78 is 10.3. The van der Waals surface area contributed by atoms with Gasteiger partial charge in [0.1, 0.15) is 0 Å². The predicted octanol–water partition coefficient (Wildman–Crippen LogP) is 2.09. The minimum Gasteiger partial charge on any atom is -0.354 e. The second-order valence-electron chi connectivity index (χ2n) is 5.09. The molecule has 0 heterocycles. The van der Waals surface area contributed by atoms with Gasteiger partial charge in [0.2, 0.25) is 5.91 Å². The van der Waals surface area contributed by atoms with E-state index in [9.17, 15) is 4.79 Å².